The second-order valence-corrected chi connectivity index (χ2v) is 9.10. The number of hydrazone groups is 1. The number of anilines is 5. The maximum Gasteiger partial charge on any atom is 0.255 e. The molecule has 2 aromatic heterocycles. The Labute approximate surface area is 233 Å². The SMILES string of the molecule is O=C(Nc1cccc(O)c1)c1cc(Cl)cc(Nc2ccc(/C=N/Nc3ncc(F)c(N4CCOCC4)n3)nc2)c1. The molecule has 0 spiro atoms. The lowest BCUT2D eigenvalue weighted by Crippen LogP contribution is -2.37. The Kier molecular flexibility index (Phi) is 8.28. The van der Waals surface area contributed by atoms with Gasteiger partial charge in [0.1, 0.15) is 5.75 Å². The molecule has 13 heteroatoms. The van der Waals surface area contributed by atoms with E-state index in [9.17, 15) is 14.3 Å². The molecule has 0 atom stereocenters. The van der Waals surface area contributed by atoms with Crippen molar-refractivity contribution in [2.24, 2.45) is 5.10 Å². The number of hydrogen-bond donors (Lipinski definition) is 4. The number of halogens is 2. The second kappa shape index (κ2) is 12.4. The molecule has 1 aliphatic heterocycles. The van der Waals surface area contributed by atoms with Gasteiger partial charge in [-0.25, -0.2) is 14.8 Å². The Balaban J connectivity index is 1.20. The monoisotopic (exact) mass is 562 g/mol. The van der Waals surface area contributed by atoms with Crippen LogP contribution in [0.15, 0.2) is 72.1 Å². The maximum absolute atomic E-state index is 14.2. The summed E-state index contributed by atoms with van der Waals surface area (Å²) in [7, 11) is 0. The molecule has 0 unspecified atom stereocenters. The molecule has 1 fully saturated rings. The van der Waals surface area contributed by atoms with Crippen LogP contribution in [0.25, 0.3) is 0 Å². The number of aromatic hydroxyl groups is 1. The van der Waals surface area contributed by atoms with Crippen molar-refractivity contribution < 1.29 is 19.0 Å². The molecule has 11 nitrogen and oxygen atoms in total. The van der Waals surface area contributed by atoms with E-state index in [1.54, 1.807) is 53.6 Å². The third-order valence-corrected chi connectivity index (χ3v) is 5.95. The summed E-state index contributed by atoms with van der Waals surface area (Å²) in [5.74, 6) is -0.488. The van der Waals surface area contributed by atoms with Gasteiger partial charge >= 0.3 is 0 Å². The quantitative estimate of drug-likeness (QED) is 0.179. The number of phenolic OH excluding ortho intramolecular Hbond substituents is 1. The smallest absolute Gasteiger partial charge is 0.255 e. The summed E-state index contributed by atoms with van der Waals surface area (Å²) in [6.07, 6.45) is 4.18. The Hall–Kier alpha value is -4.81. The Morgan fingerprint density at radius 3 is 2.67 bits per heavy atom. The van der Waals surface area contributed by atoms with Crippen molar-refractivity contribution in [3.05, 3.63) is 89.1 Å². The number of hydrogen-bond acceptors (Lipinski definition) is 10. The number of rotatable bonds is 8. The molecule has 3 heterocycles. The van der Waals surface area contributed by atoms with Crippen LogP contribution in [0.3, 0.4) is 0 Å². The molecule has 0 aliphatic carbocycles. The average Bonchev–Trinajstić information content (AvgIpc) is 2.95. The van der Waals surface area contributed by atoms with Gasteiger partial charge in [-0.2, -0.15) is 10.1 Å². The topological polar surface area (TPSA) is 137 Å². The summed E-state index contributed by atoms with van der Waals surface area (Å²) in [6.45, 7) is 2.11. The molecule has 4 aromatic rings. The molecular formula is C27H24ClFN8O3. The van der Waals surface area contributed by atoms with E-state index in [1.807, 2.05) is 0 Å². The number of amides is 1. The van der Waals surface area contributed by atoms with E-state index in [2.05, 4.69) is 36.1 Å². The molecule has 2 aromatic carbocycles. The van der Waals surface area contributed by atoms with Crippen LogP contribution in [-0.2, 0) is 4.74 Å². The van der Waals surface area contributed by atoms with Gasteiger partial charge in [0.05, 0.1) is 43.2 Å². The molecule has 5 rings (SSSR count). The summed E-state index contributed by atoms with van der Waals surface area (Å²) in [4.78, 5) is 27.0. The van der Waals surface area contributed by atoms with Crippen LogP contribution in [0.2, 0.25) is 5.02 Å². The number of aromatic nitrogens is 3. The minimum Gasteiger partial charge on any atom is -0.508 e. The van der Waals surface area contributed by atoms with E-state index in [1.165, 1.54) is 18.3 Å². The predicted molar refractivity (Wildman–Crippen MR) is 151 cm³/mol. The van der Waals surface area contributed by atoms with Crippen molar-refractivity contribution in [3.8, 4) is 5.75 Å². The van der Waals surface area contributed by atoms with Gasteiger partial charge in [0, 0.05) is 41.1 Å². The molecule has 1 aliphatic rings. The maximum atomic E-state index is 14.2. The van der Waals surface area contributed by atoms with Crippen LogP contribution in [0.1, 0.15) is 16.1 Å². The van der Waals surface area contributed by atoms with E-state index in [0.29, 0.717) is 59.6 Å². The van der Waals surface area contributed by atoms with Crippen LogP contribution >= 0.6 is 11.6 Å². The summed E-state index contributed by atoms with van der Waals surface area (Å²) in [5, 5.41) is 20.0. The number of nitrogens with one attached hydrogen (secondary N) is 3. The van der Waals surface area contributed by atoms with E-state index >= 15 is 0 Å². The fourth-order valence-corrected chi connectivity index (χ4v) is 4.10. The standard InChI is InChI=1S/C27H24ClFN8O3/c28-18-10-17(26(39)34-19-2-1-3-23(38)13-19)11-22(12-18)33-21-5-4-20(30-14-21)15-32-36-27-31-16-24(29)25(35-27)37-6-8-40-9-7-37/h1-5,10-16,33,38H,6-9H2,(H,34,39)(H,31,35,36)/b32-15+. The normalized spacial score (nSPS) is 13.3. The van der Waals surface area contributed by atoms with Crippen molar-refractivity contribution in [3.63, 3.8) is 0 Å². The number of phenols is 1. The summed E-state index contributed by atoms with van der Waals surface area (Å²) < 4.78 is 19.5. The zero-order chi connectivity index (χ0) is 27.9. The molecule has 0 saturated carbocycles. The molecule has 0 bridgehead atoms. The third-order valence-electron chi connectivity index (χ3n) is 5.74. The highest BCUT2D eigenvalue weighted by atomic mass is 35.5. The van der Waals surface area contributed by atoms with Gasteiger partial charge in [-0.05, 0) is 42.5 Å². The number of carbonyl (C=O) groups excluding carboxylic acids is 1. The molecule has 4 N–H and O–H groups in total. The first kappa shape index (κ1) is 26.8. The molecule has 40 heavy (non-hydrogen) atoms. The Morgan fingerprint density at radius 1 is 1.05 bits per heavy atom. The lowest BCUT2D eigenvalue weighted by Gasteiger charge is -2.27. The van der Waals surface area contributed by atoms with Crippen molar-refractivity contribution in [1.29, 1.82) is 0 Å². The molecule has 1 amide bonds. The van der Waals surface area contributed by atoms with Gasteiger partial charge in [-0.15, -0.1) is 0 Å². The van der Waals surface area contributed by atoms with Gasteiger partial charge in [0.15, 0.2) is 11.6 Å². The fraction of sp³-hybridized carbons (Fsp3) is 0.148. The highest BCUT2D eigenvalue weighted by Gasteiger charge is 2.17. The van der Waals surface area contributed by atoms with Crippen LogP contribution < -0.4 is 21.0 Å². The van der Waals surface area contributed by atoms with Gasteiger partial charge in [-0.3, -0.25) is 9.78 Å². The first-order chi connectivity index (χ1) is 19.4. The minimum absolute atomic E-state index is 0.0460. The Morgan fingerprint density at radius 2 is 1.90 bits per heavy atom. The number of morpholine rings is 1. The highest BCUT2D eigenvalue weighted by molar-refractivity contribution is 6.31. The molecule has 1 saturated heterocycles. The van der Waals surface area contributed by atoms with Crippen LogP contribution in [0.4, 0.5) is 33.2 Å². The second-order valence-electron chi connectivity index (χ2n) is 8.66. The largest absolute Gasteiger partial charge is 0.508 e. The van der Waals surface area contributed by atoms with E-state index in [4.69, 9.17) is 16.3 Å². The highest BCUT2D eigenvalue weighted by Crippen LogP contribution is 2.24. The lowest BCUT2D eigenvalue weighted by atomic mass is 10.1. The van der Waals surface area contributed by atoms with E-state index in [0.717, 1.165) is 6.20 Å². The number of ether oxygens (including phenoxy) is 1. The summed E-state index contributed by atoms with van der Waals surface area (Å²) in [5.41, 5.74) is 5.28. The van der Waals surface area contributed by atoms with E-state index in [-0.39, 0.29) is 23.4 Å². The molecular weight excluding hydrogens is 539 g/mol. The summed E-state index contributed by atoms with van der Waals surface area (Å²) >= 11 is 6.24. The number of nitrogens with zero attached hydrogens (tertiary/aromatic N) is 5. The minimum atomic E-state index is -0.509. The lowest BCUT2D eigenvalue weighted by molar-refractivity contribution is 0.102. The zero-order valence-electron chi connectivity index (χ0n) is 21.0. The van der Waals surface area contributed by atoms with Gasteiger partial charge in [0.2, 0.25) is 5.95 Å². The van der Waals surface area contributed by atoms with Crippen molar-refractivity contribution in [2.45, 2.75) is 0 Å². The van der Waals surface area contributed by atoms with Gasteiger partial charge in [-0.1, -0.05) is 17.7 Å². The van der Waals surface area contributed by atoms with Crippen molar-refractivity contribution in [1.82, 2.24) is 15.0 Å². The average molecular weight is 563 g/mol. The van der Waals surface area contributed by atoms with Gasteiger partial charge < -0.3 is 25.4 Å². The number of carbonyl (C=O) groups is 1. The number of benzene rings is 2. The number of pyridine rings is 1. The predicted octanol–water partition coefficient (Wildman–Crippen LogP) is 4.65. The summed E-state index contributed by atoms with van der Waals surface area (Å²) in [6, 6.07) is 14.7. The van der Waals surface area contributed by atoms with Crippen LogP contribution in [0.5, 0.6) is 5.75 Å². The van der Waals surface area contributed by atoms with Gasteiger partial charge in [0.25, 0.3) is 5.91 Å². The van der Waals surface area contributed by atoms with Crippen molar-refractivity contribution >= 4 is 52.6 Å². The zero-order valence-corrected chi connectivity index (χ0v) is 21.8. The molecule has 204 valence electrons. The first-order valence-corrected chi connectivity index (χ1v) is 12.6. The van der Waals surface area contributed by atoms with Crippen LogP contribution in [-0.4, -0.2) is 58.5 Å². The van der Waals surface area contributed by atoms with Crippen molar-refractivity contribution in [2.75, 3.05) is 47.3 Å². The third kappa shape index (κ3) is 6.98. The fourth-order valence-electron chi connectivity index (χ4n) is 3.87. The van der Waals surface area contributed by atoms with E-state index < -0.39 is 5.82 Å². The van der Waals surface area contributed by atoms with Crippen LogP contribution in [0, 0.1) is 5.82 Å². The first-order valence-electron chi connectivity index (χ1n) is 12.2. The Bertz CT molecular complexity index is 1530. The molecule has 0 radical (unpaired) electrons.